The molecule has 1 heterocycles. The second kappa shape index (κ2) is 5.62. The van der Waals surface area contributed by atoms with Crippen LogP contribution in [0.4, 0.5) is 5.69 Å². The lowest BCUT2D eigenvalue weighted by Gasteiger charge is -2.06. The summed E-state index contributed by atoms with van der Waals surface area (Å²) >= 11 is 0. The molecular formula is C15H15N5O. The number of hydrogen-bond donors (Lipinski definition) is 1. The van der Waals surface area contributed by atoms with E-state index in [1.807, 2.05) is 43.3 Å². The largest absolute Gasteiger partial charge is 0.494 e. The fraction of sp³-hybridized carbons (Fsp3) is 0.133. The van der Waals surface area contributed by atoms with Crippen LogP contribution in [0.3, 0.4) is 0 Å². The van der Waals surface area contributed by atoms with Gasteiger partial charge in [-0.2, -0.15) is 0 Å². The highest BCUT2D eigenvalue weighted by Crippen LogP contribution is 2.21. The van der Waals surface area contributed by atoms with Gasteiger partial charge in [-0.15, -0.1) is 15.0 Å². The van der Waals surface area contributed by atoms with Crippen LogP contribution >= 0.6 is 0 Å². The Bertz CT molecular complexity index is 739. The Morgan fingerprint density at radius 1 is 1.14 bits per heavy atom. The molecule has 3 aromatic rings. The van der Waals surface area contributed by atoms with Gasteiger partial charge in [0.05, 0.1) is 12.3 Å². The predicted octanol–water partition coefficient (Wildman–Crippen LogP) is 2.31. The molecule has 0 spiro atoms. The van der Waals surface area contributed by atoms with Crippen LogP contribution in [0.25, 0.3) is 17.1 Å². The first-order valence-corrected chi connectivity index (χ1v) is 6.65. The summed E-state index contributed by atoms with van der Waals surface area (Å²) in [6.45, 7) is 2.49. The smallest absolute Gasteiger partial charge is 0.205 e. The molecule has 0 atom stereocenters. The lowest BCUT2D eigenvalue weighted by Crippen LogP contribution is -2.02. The van der Waals surface area contributed by atoms with Gasteiger partial charge in [0.15, 0.2) is 0 Å². The molecular weight excluding hydrogens is 266 g/mol. The maximum Gasteiger partial charge on any atom is 0.205 e. The molecule has 0 unspecified atom stereocenters. The van der Waals surface area contributed by atoms with Crippen LogP contribution in [-0.2, 0) is 0 Å². The first kappa shape index (κ1) is 13.1. The zero-order valence-electron chi connectivity index (χ0n) is 11.6. The van der Waals surface area contributed by atoms with E-state index in [0.717, 1.165) is 5.56 Å². The van der Waals surface area contributed by atoms with Gasteiger partial charge < -0.3 is 10.5 Å². The molecule has 0 bridgehead atoms. The summed E-state index contributed by atoms with van der Waals surface area (Å²) in [5.74, 6) is 1.25. The Hall–Kier alpha value is -2.89. The predicted molar refractivity (Wildman–Crippen MR) is 80.2 cm³/mol. The van der Waals surface area contributed by atoms with Crippen LogP contribution in [0.2, 0.25) is 0 Å². The zero-order chi connectivity index (χ0) is 14.7. The van der Waals surface area contributed by atoms with Gasteiger partial charge in [-0.05, 0) is 18.2 Å². The van der Waals surface area contributed by atoms with Crippen molar-refractivity contribution in [3.05, 3.63) is 48.5 Å². The molecule has 2 aromatic carbocycles. The monoisotopic (exact) mass is 281 g/mol. The Balaban J connectivity index is 1.96. The molecule has 0 amide bonds. The SMILES string of the molecule is CCOc1cc(N)cc(-n2nnc(-c3ccccc3)n2)c1. The molecule has 21 heavy (non-hydrogen) atoms. The Morgan fingerprint density at radius 3 is 2.71 bits per heavy atom. The van der Waals surface area contributed by atoms with Crippen molar-refractivity contribution in [1.29, 1.82) is 0 Å². The van der Waals surface area contributed by atoms with Gasteiger partial charge in [-0.1, -0.05) is 30.3 Å². The van der Waals surface area contributed by atoms with Gasteiger partial charge in [0, 0.05) is 23.4 Å². The molecule has 2 N–H and O–H groups in total. The average molecular weight is 281 g/mol. The van der Waals surface area contributed by atoms with Crippen molar-refractivity contribution in [3.63, 3.8) is 0 Å². The number of nitrogen functional groups attached to an aromatic ring is 1. The summed E-state index contributed by atoms with van der Waals surface area (Å²) in [5, 5.41) is 12.5. The first-order chi connectivity index (χ1) is 10.3. The van der Waals surface area contributed by atoms with E-state index in [0.29, 0.717) is 29.6 Å². The summed E-state index contributed by atoms with van der Waals surface area (Å²) in [6, 6.07) is 15.1. The van der Waals surface area contributed by atoms with Crippen LogP contribution in [0.5, 0.6) is 5.75 Å². The van der Waals surface area contributed by atoms with E-state index in [2.05, 4.69) is 15.4 Å². The van der Waals surface area contributed by atoms with Crippen molar-refractivity contribution < 1.29 is 4.74 Å². The molecule has 6 heteroatoms. The van der Waals surface area contributed by atoms with E-state index in [1.165, 1.54) is 4.80 Å². The highest BCUT2D eigenvalue weighted by Gasteiger charge is 2.08. The van der Waals surface area contributed by atoms with Crippen LogP contribution in [0.15, 0.2) is 48.5 Å². The molecule has 0 fully saturated rings. The van der Waals surface area contributed by atoms with E-state index < -0.39 is 0 Å². The first-order valence-electron chi connectivity index (χ1n) is 6.65. The maximum absolute atomic E-state index is 5.88. The molecule has 106 valence electrons. The molecule has 0 aliphatic carbocycles. The third kappa shape index (κ3) is 2.84. The molecule has 0 aliphatic heterocycles. The van der Waals surface area contributed by atoms with Crippen molar-refractivity contribution >= 4 is 5.69 Å². The van der Waals surface area contributed by atoms with Crippen molar-refractivity contribution in [1.82, 2.24) is 20.2 Å². The Labute approximate surface area is 122 Å². The second-order valence-electron chi connectivity index (χ2n) is 4.46. The van der Waals surface area contributed by atoms with Crippen molar-refractivity contribution in [2.75, 3.05) is 12.3 Å². The van der Waals surface area contributed by atoms with E-state index >= 15 is 0 Å². The van der Waals surface area contributed by atoms with Crippen LogP contribution < -0.4 is 10.5 Å². The van der Waals surface area contributed by atoms with Crippen LogP contribution in [0, 0.1) is 0 Å². The molecule has 3 rings (SSSR count). The molecule has 0 aliphatic rings. The number of benzene rings is 2. The number of ether oxygens (including phenoxy) is 1. The van der Waals surface area contributed by atoms with E-state index in [1.54, 1.807) is 12.1 Å². The number of anilines is 1. The topological polar surface area (TPSA) is 78.9 Å². The number of hydrogen-bond acceptors (Lipinski definition) is 5. The molecule has 1 aromatic heterocycles. The zero-order valence-corrected chi connectivity index (χ0v) is 11.6. The molecule has 0 radical (unpaired) electrons. The number of nitrogens with two attached hydrogens (primary N) is 1. The second-order valence-corrected chi connectivity index (χ2v) is 4.46. The lowest BCUT2D eigenvalue weighted by atomic mass is 10.2. The van der Waals surface area contributed by atoms with Gasteiger partial charge in [-0.25, -0.2) is 0 Å². The minimum absolute atomic E-state index is 0.566. The number of tetrazole rings is 1. The normalized spacial score (nSPS) is 10.5. The fourth-order valence-corrected chi connectivity index (χ4v) is 2.00. The number of aromatic nitrogens is 4. The average Bonchev–Trinajstić information content (AvgIpc) is 2.98. The third-order valence-corrected chi connectivity index (χ3v) is 2.90. The Kier molecular flexibility index (Phi) is 3.51. The highest BCUT2D eigenvalue weighted by atomic mass is 16.5. The van der Waals surface area contributed by atoms with Gasteiger partial charge in [0.1, 0.15) is 5.75 Å². The van der Waals surface area contributed by atoms with Crippen molar-refractivity contribution in [3.8, 4) is 22.8 Å². The highest BCUT2D eigenvalue weighted by molar-refractivity contribution is 5.55. The maximum atomic E-state index is 5.88. The van der Waals surface area contributed by atoms with E-state index in [-0.39, 0.29) is 0 Å². The number of nitrogens with zero attached hydrogens (tertiary/aromatic N) is 4. The van der Waals surface area contributed by atoms with Gasteiger partial charge in [-0.3, -0.25) is 0 Å². The summed E-state index contributed by atoms with van der Waals surface area (Å²) in [4.78, 5) is 1.45. The van der Waals surface area contributed by atoms with Crippen LogP contribution in [0.1, 0.15) is 6.92 Å². The van der Waals surface area contributed by atoms with E-state index in [9.17, 15) is 0 Å². The standard InChI is InChI=1S/C15H15N5O/c1-2-21-14-9-12(16)8-13(10-14)20-18-15(17-19-20)11-6-4-3-5-7-11/h3-10H,2,16H2,1H3. The molecule has 0 saturated carbocycles. The minimum Gasteiger partial charge on any atom is -0.494 e. The summed E-state index contributed by atoms with van der Waals surface area (Å²) in [5.41, 5.74) is 8.10. The van der Waals surface area contributed by atoms with Crippen LogP contribution in [-0.4, -0.2) is 26.8 Å². The number of rotatable bonds is 4. The minimum atomic E-state index is 0.566. The molecule has 0 saturated heterocycles. The fourth-order valence-electron chi connectivity index (χ4n) is 2.00. The van der Waals surface area contributed by atoms with E-state index in [4.69, 9.17) is 10.5 Å². The summed E-state index contributed by atoms with van der Waals surface area (Å²) in [7, 11) is 0. The van der Waals surface area contributed by atoms with Gasteiger partial charge in [0.2, 0.25) is 5.82 Å². The Morgan fingerprint density at radius 2 is 1.95 bits per heavy atom. The van der Waals surface area contributed by atoms with Crippen molar-refractivity contribution in [2.45, 2.75) is 6.92 Å². The quantitative estimate of drug-likeness (QED) is 0.742. The molecule has 6 nitrogen and oxygen atoms in total. The van der Waals surface area contributed by atoms with Gasteiger partial charge >= 0.3 is 0 Å². The summed E-state index contributed by atoms with van der Waals surface area (Å²) in [6.07, 6.45) is 0. The lowest BCUT2D eigenvalue weighted by molar-refractivity contribution is 0.340. The third-order valence-electron chi connectivity index (χ3n) is 2.90. The van der Waals surface area contributed by atoms with Gasteiger partial charge in [0.25, 0.3) is 0 Å². The summed E-state index contributed by atoms with van der Waals surface area (Å²) < 4.78 is 5.47. The van der Waals surface area contributed by atoms with Crippen molar-refractivity contribution in [2.24, 2.45) is 0 Å².